The van der Waals surface area contributed by atoms with Gasteiger partial charge in [-0.25, -0.2) is 0 Å². The van der Waals surface area contributed by atoms with Gasteiger partial charge in [-0.15, -0.1) is 0 Å². The maximum Gasteiger partial charge on any atom is 0.240 e. The van der Waals surface area contributed by atoms with Crippen molar-refractivity contribution in [3.8, 4) is 0 Å². The molecular formula is C23H24N4O2. The van der Waals surface area contributed by atoms with Crippen LogP contribution in [0.15, 0.2) is 53.3 Å². The first-order valence-electron chi connectivity index (χ1n) is 9.68. The number of hydrogen-bond acceptors (Lipinski definition) is 3. The van der Waals surface area contributed by atoms with E-state index in [1.54, 1.807) is 0 Å². The molecule has 148 valence electrons. The highest BCUT2D eigenvalue weighted by atomic mass is 16.2. The first kappa shape index (κ1) is 18.9. The highest BCUT2D eigenvalue weighted by Gasteiger charge is 2.19. The van der Waals surface area contributed by atoms with Crippen LogP contribution in [0.2, 0.25) is 0 Å². The van der Waals surface area contributed by atoms with Crippen LogP contribution in [0.3, 0.4) is 0 Å². The number of amides is 1. The number of hydrogen-bond donors (Lipinski definition) is 1. The molecule has 0 spiro atoms. The van der Waals surface area contributed by atoms with Gasteiger partial charge < -0.3 is 9.88 Å². The van der Waals surface area contributed by atoms with Crippen LogP contribution in [-0.2, 0) is 18.4 Å². The number of aromatic nitrogens is 3. The molecule has 2 aromatic carbocycles. The molecule has 0 fully saturated rings. The second kappa shape index (κ2) is 7.20. The van der Waals surface area contributed by atoms with Gasteiger partial charge in [-0.1, -0.05) is 24.3 Å². The summed E-state index contributed by atoms with van der Waals surface area (Å²) in [5.74, 6) is -0.112. The van der Waals surface area contributed by atoms with Gasteiger partial charge in [0.2, 0.25) is 5.91 Å². The normalized spacial score (nSPS) is 12.4. The Bertz CT molecular complexity index is 1240. The molecule has 0 bridgehead atoms. The number of para-hydroxylation sites is 2. The summed E-state index contributed by atoms with van der Waals surface area (Å²) in [6, 6.07) is 14.7. The highest BCUT2D eigenvalue weighted by Crippen LogP contribution is 2.22. The standard InChI is InChI=1S/C23H24N4O2/c1-14(22-15(2)25-26(4)16(22)3)24-21(28)13-27-19-11-7-5-9-17(19)23(29)18-10-6-8-12-20(18)27/h5-12,14H,13H2,1-4H3,(H,24,28). The summed E-state index contributed by atoms with van der Waals surface area (Å²) in [5, 5.41) is 8.77. The van der Waals surface area contributed by atoms with Crippen LogP contribution < -0.4 is 10.7 Å². The maximum absolute atomic E-state index is 13.0. The van der Waals surface area contributed by atoms with Crippen LogP contribution in [-0.4, -0.2) is 20.3 Å². The molecule has 6 nitrogen and oxygen atoms in total. The zero-order chi connectivity index (χ0) is 20.7. The highest BCUT2D eigenvalue weighted by molar-refractivity contribution is 5.94. The lowest BCUT2D eigenvalue weighted by Gasteiger charge is -2.18. The molecule has 1 atom stereocenters. The molecule has 1 amide bonds. The van der Waals surface area contributed by atoms with E-state index in [0.29, 0.717) is 10.8 Å². The summed E-state index contributed by atoms with van der Waals surface area (Å²) in [5.41, 5.74) is 4.49. The second-order valence-corrected chi connectivity index (χ2v) is 7.45. The summed E-state index contributed by atoms with van der Waals surface area (Å²) in [4.78, 5) is 25.8. The largest absolute Gasteiger partial charge is 0.348 e. The average Bonchev–Trinajstić information content (AvgIpc) is 2.96. The quantitative estimate of drug-likeness (QED) is 0.545. The number of fused-ring (bicyclic) bond motifs is 2. The fourth-order valence-corrected chi connectivity index (χ4v) is 4.17. The van der Waals surface area contributed by atoms with E-state index in [0.717, 1.165) is 28.0 Å². The Balaban J connectivity index is 1.73. The molecule has 2 aromatic heterocycles. The number of rotatable bonds is 4. The monoisotopic (exact) mass is 388 g/mol. The zero-order valence-electron chi connectivity index (χ0n) is 17.1. The van der Waals surface area contributed by atoms with E-state index in [1.165, 1.54) is 0 Å². The molecule has 4 aromatic rings. The van der Waals surface area contributed by atoms with E-state index < -0.39 is 0 Å². The lowest BCUT2D eigenvalue weighted by molar-refractivity contribution is -0.122. The molecule has 0 radical (unpaired) electrons. The molecule has 0 aliphatic carbocycles. The number of nitrogens with zero attached hydrogens (tertiary/aromatic N) is 3. The van der Waals surface area contributed by atoms with Gasteiger partial charge in [0.1, 0.15) is 6.54 Å². The summed E-state index contributed by atoms with van der Waals surface area (Å²) >= 11 is 0. The third-order valence-corrected chi connectivity index (χ3v) is 5.56. The van der Waals surface area contributed by atoms with Gasteiger partial charge in [0.05, 0.1) is 22.8 Å². The van der Waals surface area contributed by atoms with Gasteiger partial charge in [0.15, 0.2) is 5.43 Å². The molecule has 29 heavy (non-hydrogen) atoms. The van der Waals surface area contributed by atoms with E-state index in [4.69, 9.17) is 0 Å². The first-order chi connectivity index (χ1) is 13.9. The van der Waals surface area contributed by atoms with Crippen LogP contribution in [0.4, 0.5) is 0 Å². The van der Waals surface area contributed by atoms with E-state index in [1.807, 2.05) is 85.6 Å². The molecule has 1 N–H and O–H groups in total. The van der Waals surface area contributed by atoms with Crippen molar-refractivity contribution in [1.82, 2.24) is 19.7 Å². The van der Waals surface area contributed by atoms with Crippen LogP contribution in [0.1, 0.15) is 29.9 Å². The predicted molar refractivity (Wildman–Crippen MR) is 115 cm³/mol. The molecular weight excluding hydrogens is 364 g/mol. The van der Waals surface area contributed by atoms with E-state index >= 15 is 0 Å². The minimum atomic E-state index is -0.159. The van der Waals surface area contributed by atoms with Crippen LogP contribution in [0.5, 0.6) is 0 Å². The topological polar surface area (TPSA) is 68.9 Å². The Morgan fingerprint density at radius 2 is 1.59 bits per heavy atom. The van der Waals surface area contributed by atoms with Crippen molar-refractivity contribution >= 4 is 27.7 Å². The molecule has 4 rings (SSSR count). The predicted octanol–water partition coefficient (Wildman–Crippen LogP) is 3.38. The fraction of sp³-hybridized carbons (Fsp3) is 0.261. The smallest absolute Gasteiger partial charge is 0.240 e. The molecule has 1 unspecified atom stereocenters. The Hall–Kier alpha value is -3.41. The Labute approximate surface area is 168 Å². The van der Waals surface area contributed by atoms with Crippen molar-refractivity contribution in [3.05, 3.63) is 75.7 Å². The van der Waals surface area contributed by atoms with Crippen molar-refractivity contribution in [2.75, 3.05) is 0 Å². The number of benzene rings is 2. The fourth-order valence-electron chi connectivity index (χ4n) is 4.17. The Morgan fingerprint density at radius 1 is 1.03 bits per heavy atom. The van der Waals surface area contributed by atoms with Crippen LogP contribution in [0.25, 0.3) is 21.8 Å². The van der Waals surface area contributed by atoms with E-state index in [-0.39, 0.29) is 23.9 Å². The third kappa shape index (κ3) is 3.20. The Morgan fingerprint density at radius 3 is 2.10 bits per heavy atom. The van der Waals surface area contributed by atoms with Gasteiger partial charge in [-0.2, -0.15) is 5.10 Å². The number of carbonyl (C=O) groups excluding carboxylic acids is 1. The van der Waals surface area contributed by atoms with E-state index in [2.05, 4.69) is 10.4 Å². The van der Waals surface area contributed by atoms with Crippen molar-refractivity contribution in [1.29, 1.82) is 0 Å². The van der Waals surface area contributed by atoms with Gasteiger partial charge in [0, 0.05) is 29.1 Å². The SMILES string of the molecule is Cc1nn(C)c(C)c1C(C)NC(=O)Cn1c2ccccc2c(=O)c2ccccc21. The molecule has 0 saturated heterocycles. The molecule has 0 aliphatic rings. The lowest BCUT2D eigenvalue weighted by Crippen LogP contribution is -2.31. The first-order valence-corrected chi connectivity index (χ1v) is 9.68. The zero-order valence-corrected chi connectivity index (χ0v) is 17.1. The van der Waals surface area contributed by atoms with Crippen molar-refractivity contribution < 1.29 is 4.79 Å². The van der Waals surface area contributed by atoms with Gasteiger partial charge in [-0.05, 0) is 45.0 Å². The van der Waals surface area contributed by atoms with Gasteiger partial charge in [-0.3, -0.25) is 14.3 Å². The van der Waals surface area contributed by atoms with Gasteiger partial charge >= 0.3 is 0 Å². The molecule has 2 heterocycles. The molecule has 0 aliphatic heterocycles. The van der Waals surface area contributed by atoms with Crippen molar-refractivity contribution in [2.45, 2.75) is 33.4 Å². The third-order valence-electron chi connectivity index (χ3n) is 5.56. The summed E-state index contributed by atoms with van der Waals surface area (Å²) < 4.78 is 3.74. The minimum Gasteiger partial charge on any atom is -0.348 e. The summed E-state index contributed by atoms with van der Waals surface area (Å²) in [7, 11) is 1.90. The number of aryl methyl sites for hydroxylation is 2. The van der Waals surface area contributed by atoms with Gasteiger partial charge in [0.25, 0.3) is 0 Å². The summed E-state index contributed by atoms with van der Waals surface area (Å²) in [6.45, 7) is 6.05. The van der Waals surface area contributed by atoms with Crippen LogP contribution in [0, 0.1) is 13.8 Å². The van der Waals surface area contributed by atoms with E-state index in [9.17, 15) is 9.59 Å². The summed E-state index contributed by atoms with van der Waals surface area (Å²) in [6.07, 6.45) is 0. The van der Waals surface area contributed by atoms with Crippen LogP contribution >= 0.6 is 0 Å². The number of pyridine rings is 1. The molecule has 0 saturated carbocycles. The number of nitrogens with one attached hydrogen (secondary N) is 1. The molecule has 6 heteroatoms. The number of carbonyl (C=O) groups is 1. The Kier molecular flexibility index (Phi) is 4.70. The maximum atomic E-state index is 13.0. The average molecular weight is 388 g/mol. The lowest BCUT2D eigenvalue weighted by atomic mass is 10.1. The van der Waals surface area contributed by atoms with Crippen molar-refractivity contribution in [3.63, 3.8) is 0 Å². The minimum absolute atomic E-state index is 0.0113. The van der Waals surface area contributed by atoms with Crippen molar-refractivity contribution in [2.24, 2.45) is 7.05 Å². The second-order valence-electron chi connectivity index (χ2n) is 7.45.